The van der Waals surface area contributed by atoms with Gasteiger partial charge in [0.1, 0.15) is 5.52 Å². The van der Waals surface area contributed by atoms with Crippen LogP contribution in [0.3, 0.4) is 0 Å². The topological polar surface area (TPSA) is 85.6 Å². The summed E-state index contributed by atoms with van der Waals surface area (Å²) in [6.45, 7) is 0.147. The highest BCUT2D eigenvalue weighted by atomic mass is 79.9. The predicted molar refractivity (Wildman–Crippen MR) is 123 cm³/mol. The van der Waals surface area contributed by atoms with E-state index in [1.807, 2.05) is 24.3 Å². The van der Waals surface area contributed by atoms with E-state index in [4.69, 9.17) is 26.1 Å². The van der Waals surface area contributed by atoms with Gasteiger partial charge in [-0.25, -0.2) is 4.98 Å². The summed E-state index contributed by atoms with van der Waals surface area (Å²) in [7, 11) is 0. The minimum atomic E-state index is -0.351. The Morgan fingerprint density at radius 2 is 1.81 bits per heavy atom. The van der Waals surface area contributed by atoms with Crippen LogP contribution in [0.15, 0.2) is 69.6 Å². The molecule has 1 aliphatic rings. The number of rotatable bonds is 3. The van der Waals surface area contributed by atoms with E-state index in [0.29, 0.717) is 39.7 Å². The molecule has 9 heteroatoms. The maximum Gasteiger partial charge on any atom is 0.257 e. The van der Waals surface area contributed by atoms with Gasteiger partial charge in [0.25, 0.3) is 5.91 Å². The predicted octanol–water partition coefficient (Wildman–Crippen LogP) is 5.11. The second kappa shape index (κ2) is 8.01. The molecule has 0 spiro atoms. The van der Waals surface area contributed by atoms with E-state index in [2.05, 4.69) is 31.5 Å². The zero-order valence-corrected chi connectivity index (χ0v) is 18.2. The van der Waals surface area contributed by atoms with Gasteiger partial charge in [-0.1, -0.05) is 15.9 Å². The molecule has 1 aromatic heterocycles. The van der Waals surface area contributed by atoms with Gasteiger partial charge in [-0.2, -0.15) is 0 Å². The lowest BCUT2D eigenvalue weighted by Gasteiger charge is -2.09. The Morgan fingerprint density at radius 1 is 1.00 bits per heavy atom. The van der Waals surface area contributed by atoms with Crippen molar-refractivity contribution in [2.45, 2.75) is 0 Å². The van der Waals surface area contributed by atoms with Crippen LogP contribution in [0.1, 0.15) is 10.4 Å². The average molecular weight is 496 g/mol. The van der Waals surface area contributed by atoms with Crippen molar-refractivity contribution in [1.82, 2.24) is 10.3 Å². The number of anilines is 1. The van der Waals surface area contributed by atoms with E-state index in [1.165, 1.54) is 0 Å². The summed E-state index contributed by atoms with van der Waals surface area (Å²) >= 11 is 8.70. The molecule has 154 valence electrons. The third-order valence-electron chi connectivity index (χ3n) is 4.60. The molecule has 0 saturated carbocycles. The number of hydrogen-bond acceptors (Lipinski definition) is 6. The van der Waals surface area contributed by atoms with Gasteiger partial charge in [0.05, 0.1) is 0 Å². The first-order valence-corrected chi connectivity index (χ1v) is 10.4. The summed E-state index contributed by atoms with van der Waals surface area (Å²) in [4.78, 5) is 17.0. The molecule has 1 amide bonds. The standard InChI is InChI=1S/C22H14BrN3O4S/c23-14-4-1-12(2-5-14)21-25-16-10-15(6-8-17(16)30-21)24-22(31)26-20(27)13-3-7-18-19(9-13)29-11-28-18/h1-10H,11H2,(H2,24,26,27,31). The maximum absolute atomic E-state index is 12.5. The Bertz CT molecular complexity index is 1320. The second-order valence-electron chi connectivity index (χ2n) is 6.68. The number of ether oxygens (including phenoxy) is 2. The molecule has 7 nitrogen and oxygen atoms in total. The van der Waals surface area contributed by atoms with E-state index < -0.39 is 0 Å². The third kappa shape index (κ3) is 4.10. The highest BCUT2D eigenvalue weighted by molar-refractivity contribution is 9.10. The smallest absolute Gasteiger partial charge is 0.257 e. The van der Waals surface area contributed by atoms with Crippen LogP contribution in [0.4, 0.5) is 5.69 Å². The molecule has 0 bridgehead atoms. The summed E-state index contributed by atoms with van der Waals surface area (Å²) in [6.07, 6.45) is 0. The number of fused-ring (bicyclic) bond motifs is 2. The Kier molecular flexibility index (Phi) is 5.05. The van der Waals surface area contributed by atoms with Crippen LogP contribution in [0.25, 0.3) is 22.6 Å². The number of halogens is 1. The summed E-state index contributed by atoms with van der Waals surface area (Å²) in [5, 5.41) is 5.82. The van der Waals surface area contributed by atoms with Crippen LogP contribution in [-0.4, -0.2) is 22.8 Å². The fraction of sp³-hybridized carbons (Fsp3) is 0.0455. The molecule has 2 N–H and O–H groups in total. The number of nitrogens with zero attached hydrogens (tertiary/aromatic N) is 1. The number of amides is 1. The quantitative estimate of drug-likeness (QED) is 0.381. The molecule has 3 aromatic carbocycles. The van der Waals surface area contributed by atoms with Crippen LogP contribution in [0.5, 0.6) is 11.5 Å². The number of carbonyl (C=O) groups excluding carboxylic acids is 1. The van der Waals surface area contributed by atoms with Gasteiger partial charge in [0, 0.05) is 21.3 Å². The van der Waals surface area contributed by atoms with Crippen LogP contribution in [-0.2, 0) is 0 Å². The summed E-state index contributed by atoms with van der Waals surface area (Å²) < 4.78 is 17.4. The molecule has 31 heavy (non-hydrogen) atoms. The van der Waals surface area contributed by atoms with Crippen LogP contribution >= 0.6 is 28.1 Å². The van der Waals surface area contributed by atoms with E-state index in [9.17, 15) is 4.79 Å². The van der Waals surface area contributed by atoms with Gasteiger partial charge < -0.3 is 19.2 Å². The summed E-state index contributed by atoms with van der Waals surface area (Å²) in [6, 6.07) is 18.1. The minimum Gasteiger partial charge on any atom is -0.454 e. The lowest BCUT2D eigenvalue weighted by atomic mass is 10.2. The maximum atomic E-state index is 12.5. The zero-order valence-electron chi connectivity index (χ0n) is 15.8. The largest absolute Gasteiger partial charge is 0.454 e. The fourth-order valence-corrected chi connectivity index (χ4v) is 3.57. The Balaban J connectivity index is 1.29. The van der Waals surface area contributed by atoms with Gasteiger partial charge in [-0.15, -0.1) is 0 Å². The molecule has 0 radical (unpaired) electrons. The first-order chi connectivity index (χ1) is 15.0. The first kappa shape index (κ1) is 19.5. The van der Waals surface area contributed by atoms with E-state index >= 15 is 0 Å². The van der Waals surface area contributed by atoms with Gasteiger partial charge in [-0.05, 0) is 72.9 Å². The number of benzene rings is 3. The molecule has 0 atom stereocenters. The monoisotopic (exact) mass is 495 g/mol. The highest BCUT2D eigenvalue weighted by Gasteiger charge is 2.17. The SMILES string of the molecule is O=C(NC(=S)Nc1ccc2oc(-c3ccc(Br)cc3)nc2c1)c1ccc2c(c1)OCO2. The van der Waals surface area contributed by atoms with Crippen LogP contribution in [0.2, 0.25) is 0 Å². The normalized spacial score (nSPS) is 12.0. The van der Waals surface area contributed by atoms with E-state index in [0.717, 1.165) is 10.0 Å². The molecule has 5 rings (SSSR count). The highest BCUT2D eigenvalue weighted by Crippen LogP contribution is 2.32. The van der Waals surface area contributed by atoms with Crippen molar-refractivity contribution < 1.29 is 18.7 Å². The van der Waals surface area contributed by atoms with Crippen molar-refractivity contribution in [1.29, 1.82) is 0 Å². The second-order valence-corrected chi connectivity index (χ2v) is 8.01. The van der Waals surface area contributed by atoms with Crippen LogP contribution < -0.4 is 20.1 Å². The van der Waals surface area contributed by atoms with Crippen molar-refractivity contribution >= 4 is 56.0 Å². The molecular formula is C22H14BrN3O4S. The van der Waals surface area contributed by atoms with Gasteiger partial charge in [-0.3, -0.25) is 10.1 Å². The van der Waals surface area contributed by atoms with Gasteiger partial charge in [0.2, 0.25) is 12.7 Å². The Hall–Kier alpha value is -3.43. The molecule has 2 heterocycles. The zero-order chi connectivity index (χ0) is 21.4. The number of hydrogen-bond donors (Lipinski definition) is 2. The van der Waals surface area contributed by atoms with Crippen molar-refractivity contribution in [3.63, 3.8) is 0 Å². The molecule has 1 aliphatic heterocycles. The van der Waals surface area contributed by atoms with Crippen molar-refractivity contribution in [2.24, 2.45) is 0 Å². The number of carbonyl (C=O) groups is 1. The van der Waals surface area contributed by atoms with Crippen molar-refractivity contribution in [3.8, 4) is 23.0 Å². The minimum absolute atomic E-state index is 0.147. The molecule has 0 aliphatic carbocycles. The van der Waals surface area contributed by atoms with Crippen LogP contribution in [0, 0.1) is 0 Å². The number of thiocarbonyl (C=S) groups is 1. The molecule has 0 saturated heterocycles. The van der Waals surface area contributed by atoms with Crippen molar-refractivity contribution in [3.05, 3.63) is 70.7 Å². The summed E-state index contributed by atoms with van der Waals surface area (Å²) in [5.74, 6) is 1.32. The Morgan fingerprint density at radius 3 is 2.65 bits per heavy atom. The number of aromatic nitrogens is 1. The van der Waals surface area contributed by atoms with E-state index in [1.54, 1.807) is 36.4 Å². The van der Waals surface area contributed by atoms with Gasteiger partial charge >= 0.3 is 0 Å². The summed E-state index contributed by atoms with van der Waals surface area (Å²) in [5.41, 5.74) is 3.30. The molecule has 0 fully saturated rings. The Labute approximate surface area is 190 Å². The lowest BCUT2D eigenvalue weighted by molar-refractivity contribution is 0.0977. The lowest BCUT2D eigenvalue weighted by Crippen LogP contribution is -2.34. The number of oxazole rings is 1. The molecule has 0 unspecified atom stereocenters. The van der Waals surface area contributed by atoms with Crippen molar-refractivity contribution in [2.75, 3.05) is 12.1 Å². The third-order valence-corrected chi connectivity index (χ3v) is 5.33. The number of nitrogens with one attached hydrogen (secondary N) is 2. The molecular weight excluding hydrogens is 482 g/mol. The average Bonchev–Trinajstić information content (AvgIpc) is 3.40. The fourth-order valence-electron chi connectivity index (χ4n) is 3.10. The molecule has 4 aromatic rings. The first-order valence-electron chi connectivity index (χ1n) is 9.24. The van der Waals surface area contributed by atoms with Gasteiger partial charge in [0.15, 0.2) is 22.2 Å². The van der Waals surface area contributed by atoms with E-state index in [-0.39, 0.29) is 17.8 Å².